The molecule has 0 bridgehead atoms. The molecule has 1 unspecified atom stereocenters. The average molecular weight is 618 g/mol. The minimum Gasteiger partial charge on any atom is -0.483 e. The van der Waals surface area contributed by atoms with Gasteiger partial charge in [-0.05, 0) is 81.3 Å². The summed E-state index contributed by atoms with van der Waals surface area (Å²) < 4.78 is 25.8. The fraction of sp³-hybridized carbons (Fsp3) is 0.364. The zero-order valence-corrected chi connectivity index (χ0v) is 27.4. The number of para-hydroxylation sites is 1. The van der Waals surface area contributed by atoms with Crippen LogP contribution in [0.3, 0.4) is 0 Å². The zero-order valence-electron chi connectivity index (χ0n) is 25.6. The number of nitrogens with zero attached hydrogens (tertiary/aromatic N) is 2. The molecule has 3 aromatic rings. The lowest BCUT2D eigenvalue weighted by Crippen LogP contribution is -2.40. The van der Waals surface area contributed by atoms with Crippen LogP contribution in [0.1, 0.15) is 64.2 Å². The number of ether oxygens (including phenoxy) is 2. The number of benzene rings is 2. The molecule has 0 saturated heterocycles. The fourth-order valence-corrected chi connectivity index (χ4v) is 6.05. The second-order valence-electron chi connectivity index (χ2n) is 12.3. The highest BCUT2D eigenvalue weighted by Gasteiger charge is 2.41. The molecule has 0 fully saturated rings. The van der Waals surface area contributed by atoms with E-state index in [1.807, 2.05) is 51.2 Å². The fourth-order valence-electron chi connectivity index (χ4n) is 4.69. The van der Waals surface area contributed by atoms with Crippen LogP contribution in [0.25, 0.3) is 5.70 Å². The number of rotatable bonds is 9. The second-order valence-corrected chi connectivity index (χ2v) is 15.0. The van der Waals surface area contributed by atoms with Gasteiger partial charge in [0.2, 0.25) is 14.8 Å². The number of nitriles is 1. The molecular weight excluding hydrogens is 581 g/mol. The van der Waals surface area contributed by atoms with Crippen LogP contribution in [-0.4, -0.2) is 24.5 Å². The van der Waals surface area contributed by atoms with Crippen molar-refractivity contribution in [1.29, 1.82) is 5.26 Å². The van der Waals surface area contributed by atoms with Crippen molar-refractivity contribution in [3.05, 3.63) is 100.0 Å². The Hall–Kier alpha value is -3.78. The number of aromatic nitrogens is 1. The van der Waals surface area contributed by atoms with E-state index >= 15 is 0 Å². The van der Waals surface area contributed by atoms with Gasteiger partial charge >= 0.3 is 5.30 Å². The van der Waals surface area contributed by atoms with E-state index in [0.29, 0.717) is 58.8 Å². The normalized spacial score (nSPS) is 15.4. The first kappa shape index (κ1) is 32.1. The topological polar surface area (TPSA) is 99.8 Å². The van der Waals surface area contributed by atoms with Gasteiger partial charge in [0.1, 0.15) is 17.1 Å². The molecule has 0 aliphatic carbocycles. The molecule has 1 atom stereocenters. The van der Waals surface area contributed by atoms with Crippen molar-refractivity contribution < 1.29 is 22.9 Å². The molecule has 1 aliphatic rings. The van der Waals surface area contributed by atoms with Crippen molar-refractivity contribution in [2.24, 2.45) is 5.41 Å². The van der Waals surface area contributed by atoms with Crippen LogP contribution in [0.4, 0.5) is 4.79 Å². The molecule has 4 rings (SSSR count). The third-order valence-electron chi connectivity index (χ3n) is 6.63. The first-order valence-electron chi connectivity index (χ1n) is 14.0. The Labute approximate surface area is 259 Å². The van der Waals surface area contributed by atoms with Gasteiger partial charge in [0, 0.05) is 29.8 Å². The van der Waals surface area contributed by atoms with Gasteiger partial charge in [-0.3, -0.25) is 9.36 Å². The predicted octanol–water partition coefficient (Wildman–Crippen LogP) is 7.89. The van der Waals surface area contributed by atoms with Crippen LogP contribution >= 0.6 is 12.0 Å². The second kappa shape index (κ2) is 12.8. The minimum absolute atomic E-state index is 0.0985. The lowest BCUT2D eigenvalue weighted by molar-refractivity contribution is -0.153. The Morgan fingerprint density at radius 3 is 2.42 bits per heavy atom. The molecule has 0 saturated carbocycles. The maximum absolute atomic E-state index is 13.8. The smallest absolute Gasteiger partial charge is 0.409 e. The summed E-state index contributed by atoms with van der Waals surface area (Å²) in [6.45, 7) is 14.0. The summed E-state index contributed by atoms with van der Waals surface area (Å²) in [4.78, 5) is 27.0. The highest BCUT2D eigenvalue weighted by Crippen LogP contribution is 2.40. The van der Waals surface area contributed by atoms with Crippen molar-refractivity contribution in [1.82, 2.24) is 4.57 Å². The van der Waals surface area contributed by atoms with Crippen LogP contribution in [0.2, 0.25) is 13.1 Å². The van der Waals surface area contributed by atoms with Gasteiger partial charge in [-0.1, -0.05) is 39.0 Å². The van der Waals surface area contributed by atoms with E-state index in [1.165, 1.54) is 10.6 Å². The van der Waals surface area contributed by atoms with Crippen LogP contribution in [0.15, 0.2) is 77.7 Å². The quantitative estimate of drug-likeness (QED) is 0.103. The van der Waals surface area contributed by atoms with Gasteiger partial charge in [-0.15, -0.1) is 0 Å². The van der Waals surface area contributed by atoms with E-state index in [4.69, 9.17) is 18.1 Å². The first-order valence-corrected chi connectivity index (χ1v) is 17.2. The Morgan fingerprint density at radius 1 is 1.07 bits per heavy atom. The molecule has 1 aliphatic heterocycles. The van der Waals surface area contributed by atoms with E-state index in [0.717, 1.165) is 0 Å². The van der Waals surface area contributed by atoms with Crippen molar-refractivity contribution in [2.75, 3.05) is 0 Å². The summed E-state index contributed by atoms with van der Waals surface area (Å²) in [6, 6.07) is 19.5. The molecule has 43 heavy (non-hydrogen) atoms. The average Bonchev–Trinajstić information content (AvgIpc) is 2.93. The number of hydrogen-bond donors (Lipinski definition) is 0. The number of hydrogen-bond acceptors (Lipinski definition) is 8. The minimum atomic E-state index is -1.50. The van der Waals surface area contributed by atoms with Gasteiger partial charge in [0.15, 0.2) is 12.0 Å². The standard InChI is InChI=1S/C33H37N2O6SSi/c1-31(2,3)16-17-33(41-43(6)7,39-30(37)42-40-25-11-9-8-10-12-25)24-15-18-35(29(36)20-24)27-21-32(4,5)38-28-14-13-23(22-34)19-26(27)28/h8-15,18-21H,16-17H2,1-7H3. The van der Waals surface area contributed by atoms with Gasteiger partial charge in [-0.25, -0.2) is 4.79 Å². The molecule has 0 amide bonds. The monoisotopic (exact) mass is 617 g/mol. The molecule has 8 nitrogen and oxygen atoms in total. The molecular formula is C33H37N2O6SSi. The van der Waals surface area contributed by atoms with Crippen LogP contribution < -0.4 is 14.5 Å². The van der Waals surface area contributed by atoms with Gasteiger partial charge < -0.3 is 18.1 Å². The Morgan fingerprint density at radius 2 is 1.79 bits per heavy atom. The van der Waals surface area contributed by atoms with Crippen molar-refractivity contribution >= 4 is 32.1 Å². The first-order chi connectivity index (χ1) is 20.2. The summed E-state index contributed by atoms with van der Waals surface area (Å²) in [6.07, 6.45) is 4.51. The Kier molecular flexibility index (Phi) is 9.59. The lowest BCUT2D eigenvalue weighted by Gasteiger charge is -2.37. The maximum atomic E-state index is 13.8. The molecule has 10 heteroatoms. The van der Waals surface area contributed by atoms with Crippen molar-refractivity contribution in [3.8, 4) is 17.6 Å². The highest BCUT2D eigenvalue weighted by atomic mass is 32.2. The number of carbonyl (C=O) groups excluding carboxylic acids is 1. The molecule has 1 aromatic heterocycles. The molecule has 0 N–H and O–H groups in total. The van der Waals surface area contributed by atoms with Crippen LogP contribution in [0, 0.1) is 16.7 Å². The van der Waals surface area contributed by atoms with E-state index < -0.39 is 25.7 Å². The summed E-state index contributed by atoms with van der Waals surface area (Å²) in [5.41, 5.74) is 0.993. The van der Waals surface area contributed by atoms with Gasteiger partial charge in [0.05, 0.1) is 17.3 Å². The van der Waals surface area contributed by atoms with E-state index in [1.54, 1.807) is 42.6 Å². The summed E-state index contributed by atoms with van der Waals surface area (Å²) in [5, 5.41) is 8.81. The highest BCUT2D eigenvalue weighted by molar-refractivity contribution is 8.09. The van der Waals surface area contributed by atoms with E-state index in [-0.39, 0.29) is 11.0 Å². The summed E-state index contributed by atoms with van der Waals surface area (Å²) in [7, 11) is -1.42. The molecule has 0 spiro atoms. The molecule has 2 heterocycles. The predicted molar refractivity (Wildman–Crippen MR) is 170 cm³/mol. The number of pyridine rings is 1. The largest absolute Gasteiger partial charge is 0.483 e. The van der Waals surface area contributed by atoms with Gasteiger partial charge in [0.25, 0.3) is 5.56 Å². The molecule has 2 aromatic carbocycles. The summed E-state index contributed by atoms with van der Waals surface area (Å²) >= 11 is 0.575. The van der Waals surface area contributed by atoms with Crippen LogP contribution in [-0.2, 0) is 14.9 Å². The van der Waals surface area contributed by atoms with Crippen LogP contribution in [0.5, 0.6) is 11.5 Å². The lowest BCUT2D eigenvalue weighted by atomic mass is 9.86. The summed E-state index contributed by atoms with van der Waals surface area (Å²) in [5.74, 6) is -0.409. The van der Waals surface area contributed by atoms with Crippen molar-refractivity contribution in [2.45, 2.75) is 71.9 Å². The van der Waals surface area contributed by atoms with E-state index in [9.17, 15) is 14.9 Å². The van der Waals surface area contributed by atoms with Crippen molar-refractivity contribution in [3.63, 3.8) is 0 Å². The molecule has 1 radical (unpaired) electrons. The number of carbonyl (C=O) groups is 1. The van der Waals surface area contributed by atoms with E-state index in [2.05, 4.69) is 26.8 Å². The third kappa shape index (κ3) is 8.19. The maximum Gasteiger partial charge on any atom is 0.409 e. The van der Waals surface area contributed by atoms with Gasteiger partial charge in [-0.2, -0.15) is 5.26 Å². The molecule has 225 valence electrons. The Balaban J connectivity index is 1.76. The Bertz CT molecular complexity index is 1600. The zero-order chi connectivity index (χ0) is 31.4. The SMILES string of the molecule is C[Si](C)OC(CCC(C)(C)C)(OC(=O)SOc1ccccc1)c1ccn(C2=CC(C)(C)Oc3ccc(C#N)cc32)c(=O)c1. The number of fused-ring (bicyclic) bond motifs is 1. The third-order valence-corrected chi connectivity index (χ3v) is 7.86.